The highest BCUT2D eigenvalue weighted by atomic mass is 35.5. The summed E-state index contributed by atoms with van der Waals surface area (Å²) in [6, 6.07) is 17.3. The van der Waals surface area contributed by atoms with E-state index in [9.17, 15) is 4.79 Å². The van der Waals surface area contributed by atoms with Gasteiger partial charge in [0.1, 0.15) is 6.29 Å². The lowest BCUT2D eigenvalue weighted by Gasteiger charge is -2.01. The highest BCUT2D eigenvalue weighted by Gasteiger charge is 2.00. The zero-order chi connectivity index (χ0) is 12.8. The Kier molecular flexibility index (Phi) is 4.32. The van der Waals surface area contributed by atoms with Gasteiger partial charge in [-0.15, -0.1) is 0 Å². The molecule has 1 nitrogen and oxygen atoms in total. The summed E-state index contributed by atoms with van der Waals surface area (Å²) in [6.45, 7) is 0. The number of allylic oxidation sites excluding steroid dienone is 2. The Hall–Kier alpha value is -1.86. The molecule has 0 saturated carbocycles. The van der Waals surface area contributed by atoms with Gasteiger partial charge >= 0.3 is 0 Å². The molecule has 0 amide bonds. The van der Waals surface area contributed by atoms with Crippen LogP contribution >= 0.6 is 11.6 Å². The number of halogens is 1. The van der Waals surface area contributed by atoms with Gasteiger partial charge in [0.15, 0.2) is 0 Å². The second kappa shape index (κ2) is 6.18. The highest BCUT2D eigenvalue weighted by molar-refractivity contribution is 6.30. The van der Waals surface area contributed by atoms with Crippen molar-refractivity contribution in [3.05, 3.63) is 76.8 Å². The van der Waals surface area contributed by atoms with Gasteiger partial charge in [0.2, 0.25) is 0 Å². The molecule has 0 bridgehead atoms. The molecule has 0 unspecified atom stereocenters. The first-order valence-corrected chi connectivity index (χ1v) is 6.12. The average molecular weight is 257 g/mol. The van der Waals surface area contributed by atoms with Crippen LogP contribution in [0.5, 0.6) is 0 Å². The van der Waals surface area contributed by atoms with Gasteiger partial charge in [-0.2, -0.15) is 0 Å². The van der Waals surface area contributed by atoms with Gasteiger partial charge in [-0.3, -0.25) is 4.79 Å². The SMILES string of the molecule is O=CC(=CCc1ccccc1)c1ccc(Cl)cc1. The Balaban J connectivity index is 2.18. The molecule has 0 aliphatic heterocycles. The van der Waals surface area contributed by atoms with Crippen molar-refractivity contribution < 1.29 is 4.79 Å². The van der Waals surface area contributed by atoms with Crippen LogP contribution in [0.15, 0.2) is 60.7 Å². The molecule has 0 atom stereocenters. The summed E-state index contributed by atoms with van der Waals surface area (Å²) >= 11 is 5.82. The minimum atomic E-state index is 0.673. The van der Waals surface area contributed by atoms with Crippen molar-refractivity contribution in [2.24, 2.45) is 0 Å². The Morgan fingerprint density at radius 2 is 1.67 bits per heavy atom. The van der Waals surface area contributed by atoms with Gasteiger partial charge in [-0.05, 0) is 29.7 Å². The van der Waals surface area contributed by atoms with Crippen LogP contribution in [-0.4, -0.2) is 6.29 Å². The fraction of sp³-hybridized carbons (Fsp3) is 0.0625. The van der Waals surface area contributed by atoms with Crippen LogP contribution in [0.1, 0.15) is 11.1 Å². The Morgan fingerprint density at radius 1 is 1.00 bits per heavy atom. The van der Waals surface area contributed by atoms with Gasteiger partial charge < -0.3 is 0 Å². The highest BCUT2D eigenvalue weighted by Crippen LogP contribution is 2.17. The van der Waals surface area contributed by atoms with Crippen molar-refractivity contribution in [3.63, 3.8) is 0 Å². The first-order valence-electron chi connectivity index (χ1n) is 5.75. The molecule has 0 aromatic heterocycles. The maximum Gasteiger partial charge on any atom is 0.150 e. The fourth-order valence-electron chi connectivity index (χ4n) is 1.72. The molecular formula is C16H13ClO. The lowest BCUT2D eigenvalue weighted by molar-refractivity contribution is -0.103. The van der Waals surface area contributed by atoms with Crippen LogP contribution in [-0.2, 0) is 11.2 Å². The van der Waals surface area contributed by atoms with Crippen molar-refractivity contribution in [3.8, 4) is 0 Å². The summed E-state index contributed by atoms with van der Waals surface area (Å²) in [5, 5.41) is 0.673. The van der Waals surface area contributed by atoms with E-state index < -0.39 is 0 Å². The van der Waals surface area contributed by atoms with Crippen molar-refractivity contribution in [1.29, 1.82) is 0 Å². The van der Waals surface area contributed by atoms with Crippen LogP contribution in [0.2, 0.25) is 5.02 Å². The van der Waals surface area contributed by atoms with E-state index >= 15 is 0 Å². The normalized spacial score (nSPS) is 11.3. The molecule has 2 aromatic rings. The summed E-state index contributed by atoms with van der Waals surface area (Å²) in [5.74, 6) is 0. The predicted molar refractivity (Wildman–Crippen MR) is 75.6 cm³/mol. The first kappa shape index (κ1) is 12.6. The van der Waals surface area contributed by atoms with Crippen LogP contribution in [0.4, 0.5) is 0 Å². The number of benzene rings is 2. The molecule has 2 aromatic carbocycles. The standard InChI is InChI=1S/C16H13ClO/c17-16-10-8-14(9-11-16)15(12-18)7-6-13-4-2-1-3-5-13/h1-5,7-12H,6H2. The Labute approximate surface area is 112 Å². The molecule has 0 spiro atoms. The van der Waals surface area contributed by atoms with E-state index in [1.54, 1.807) is 12.1 Å². The van der Waals surface area contributed by atoms with Crippen molar-refractivity contribution in [2.75, 3.05) is 0 Å². The second-order valence-corrected chi connectivity index (χ2v) is 4.41. The van der Waals surface area contributed by atoms with Gasteiger partial charge in [0.25, 0.3) is 0 Å². The van der Waals surface area contributed by atoms with Crippen LogP contribution in [0, 0.1) is 0 Å². The number of carbonyl (C=O) groups is 1. The molecule has 90 valence electrons. The van der Waals surface area contributed by atoms with E-state index in [0.29, 0.717) is 10.6 Å². The smallest absolute Gasteiger partial charge is 0.150 e. The van der Waals surface area contributed by atoms with Crippen molar-refractivity contribution >= 4 is 23.5 Å². The quantitative estimate of drug-likeness (QED) is 0.593. The monoisotopic (exact) mass is 256 g/mol. The van der Waals surface area contributed by atoms with E-state index in [0.717, 1.165) is 18.3 Å². The number of aldehydes is 1. The second-order valence-electron chi connectivity index (χ2n) is 3.97. The summed E-state index contributed by atoms with van der Waals surface area (Å²) in [5.41, 5.74) is 2.77. The van der Waals surface area contributed by atoms with Crippen molar-refractivity contribution in [1.82, 2.24) is 0 Å². The molecule has 0 N–H and O–H groups in total. The summed E-state index contributed by atoms with van der Waals surface area (Å²) < 4.78 is 0. The largest absolute Gasteiger partial charge is 0.298 e. The average Bonchev–Trinajstić information content (AvgIpc) is 2.42. The van der Waals surface area contributed by atoms with Gasteiger partial charge in [0.05, 0.1) is 0 Å². The molecule has 0 radical (unpaired) electrons. The number of rotatable bonds is 4. The van der Waals surface area contributed by atoms with Crippen LogP contribution < -0.4 is 0 Å². The summed E-state index contributed by atoms with van der Waals surface area (Å²) in [7, 11) is 0. The molecule has 0 heterocycles. The van der Waals surface area contributed by atoms with Gasteiger partial charge in [-0.25, -0.2) is 0 Å². The molecule has 0 fully saturated rings. The predicted octanol–water partition coefficient (Wildman–Crippen LogP) is 4.17. The molecule has 0 aliphatic carbocycles. The molecule has 2 rings (SSSR count). The van der Waals surface area contributed by atoms with E-state index in [2.05, 4.69) is 0 Å². The zero-order valence-electron chi connectivity index (χ0n) is 9.84. The summed E-state index contributed by atoms with van der Waals surface area (Å²) in [6.07, 6.45) is 3.56. The van der Waals surface area contributed by atoms with Crippen LogP contribution in [0.25, 0.3) is 5.57 Å². The Morgan fingerprint density at radius 3 is 2.28 bits per heavy atom. The third kappa shape index (κ3) is 3.31. The topological polar surface area (TPSA) is 17.1 Å². The maximum atomic E-state index is 11.1. The first-order chi connectivity index (χ1) is 8.79. The van der Waals surface area contributed by atoms with Gasteiger partial charge in [0, 0.05) is 10.6 Å². The third-order valence-electron chi connectivity index (χ3n) is 2.71. The van der Waals surface area contributed by atoms with E-state index in [1.807, 2.05) is 48.5 Å². The van der Waals surface area contributed by atoms with E-state index in [1.165, 1.54) is 5.56 Å². The molecule has 18 heavy (non-hydrogen) atoms. The zero-order valence-corrected chi connectivity index (χ0v) is 10.6. The van der Waals surface area contributed by atoms with E-state index in [-0.39, 0.29) is 0 Å². The molecule has 0 aliphatic rings. The third-order valence-corrected chi connectivity index (χ3v) is 2.96. The van der Waals surface area contributed by atoms with Crippen LogP contribution in [0.3, 0.4) is 0 Å². The fourth-order valence-corrected chi connectivity index (χ4v) is 1.84. The number of hydrogen-bond acceptors (Lipinski definition) is 1. The summed E-state index contributed by atoms with van der Waals surface area (Å²) in [4.78, 5) is 11.1. The minimum Gasteiger partial charge on any atom is -0.298 e. The lowest BCUT2D eigenvalue weighted by Crippen LogP contribution is -1.88. The maximum absolute atomic E-state index is 11.1. The Bertz CT molecular complexity index is 541. The number of carbonyl (C=O) groups excluding carboxylic acids is 1. The molecule has 2 heteroatoms. The minimum absolute atomic E-state index is 0.673. The lowest BCUT2D eigenvalue weighted by atomic mass is 10.0. The number of hydrogen-bond donors (Lipinski definition) is 0. The van der Waals surface area contributed by atoms with E-state index in [4.69, 9.17) is 11.6 Å². The molecular weight excluding hydrogens is 244 g/mol. The molecule has 0 saturated heterocycles. The van der Waals surface area contributed by atoms with Gasteiger partial charge in [-0.1, -0.05) is 60.1 Å². The van der Waals surface area contributed by atoms with Crippen molar-refractivity contribution in [2.45, 2.75) is 6.42 Å².